The van der Waals surface area contributed by atoms with Crippen LogP contribution in [0.3, 0.4) is 0 Å². The third kappa shape index (κ3) is 2.78. The van der Waals surface area contributed by atoms with Crippen LogP contribution in [0.5, 0.6) is 0 Å². The topological polar surface area (TPSA) is 26.0 Å². The molecule has 0 saturated carbocycles. The molecule has 0 heterocycles. The van der Waals surface area contributed by atoms with Gasteiger partial charge in [-0.15, -0.1) is 0 Å². The minimum Gasteiger partial charge on any atom is -0.326 e. The predicted molar refractivity (Wildman–Crippen MR) is 69.7 cm³/mol. The molecular formula is C13H10Cl2FN. The van der Waals surface area contributed by atoms with E-state index in [0.29, 0.717) is 22.2 Å². The van der Waals surface area contributed by atoms with Crippen molar-refractivity contribution >= 4 is 23.2 Å². The summed E-state index contributed by atoms with van der Waals surface area (Å²) in [4.78, 5) is 0. The fraction of sp³-hybridized carbons (Fsp3) is 0.0769. The first-order valence-corrected chi connectivity index (χ1v) is 5.80. The molecule has 2 aromatic carbocycles. The summed E-state index contributed by atoms with van der Waals surface area (Å²) in [6.45, 7) is 0.375. The average Bonchev–Trinajstić information content (AvgIpc) is 2.31. The van der Waals surface area contributed by atoms with Crippen LogP contribution in [0.15, 0.2) is 36.4 Å². The summed E-state index contributed by atoms with van der Waals surface area (Å²) in [5.74, 6) is -0.335. The van der Waals surface area contributed by atoms with Crippen molar-refractivity contribution < 1.29 is 4.39 Å². The number of benzene rings is 2. The first-order chi connectivity index (χ1) is 8.10. The standard InChI is InChI=1S/C13H10Cl2FN/c14-10-4-8(7-17)3-9(5-10)12-6-11(16)1-2-13(12)15/h1-6H,7,17H2. The van der Waals surface area contributed by atoms with Crippen LogP contribution < -0.4 is 5.73 Å². The van der Waals surface area contributed by atoms with Gasteiger partial charge in [0.15, 0.2) is 0 Å². The minimum atomic E-state index is -0.335. The van der Waals surface area contributed by atoms with Crippen LogP contribution in [-0.2, 0) is 6.54 Å². The zero-order valence-corrected chi connectivity index (χ0v) is 10.4. The molecule has 0 bridgehead atoms. The van der Waals surface area contributed by atoms with Crippen molar-refractivity contribution in [2.75, 3.05) is 0 Å². The summed E-state index contributed by atoms with van der Waals surface area (Å²) < 4.78 is 13.2. The van der Waals surface area contributed by atoms with Crippen molar-refractivity contribution in [1.29, 1.82) is 0 Å². The Bertz CT molecular complexity index is 555. The molecule has 0 saturated heterocycles. The summed E-state index contributed by atoms with van der Waals surface area (Å²) in [7, 11) is 0. The molecule has 17 heavy (non-hydrogen) atoms. The van der Waals surface area contributed by atoms with Crippen molar-refractivity contribution in [3.05, 3.63) is 57.8 Å². The second-order valence-electron chi connectivity index (χ2n) is 3.68. The fourth-order valence-electron chi connectivity index (χ4n) is 1.64. The van der Waals surface area contributed by atoms with E-state index in [9.17, 15) is 4.39 Å². The van der Waals surface area contributed by atoms with Crippen molar-refractivity contribution in [1.82, 2.24) is 0 Å². The first-order valence-electron chi connectivity index (χ1n) is 5.05. The SMILES string of the molecule is NCc1cc(Cl)cc(-c2cc(F)ccc2Cl)c1. The normalized spacial score (nSPS) is 10.6. The van der Waals surface area contributed by atoms with Crippen LogP contribution in [0.1, 0.15) is 5.56 Å². The largest absolute Gasteiger partial charge is 0.326 e. The third-order valence-corrected chi connectivity index (χ3v) is 2.98. The maximum atomic E-state index is 13.2. The van der Waals surface area contributed by atoms with E-state index in [1.54, 1.807) is 12.1 Å². The quantitative estimate of drug-likeness (QED) is 0.866. The smallest absolute Gasteiger partial charge is 0.123 e. The second kappa shape index (κ2) is 5.05. The Morgan fingerprint density at radius 2 is 1.82 bits per heavy atom. The maximum absolute atomic E-state index is 13.2. The van der Waals surface area contributed by atoms with Gasteiger partial charge in [-0.1, -0.05) is 23.2 Å². The summed E-state index contributed by atoms with van der Waals surface area (Å²) in [6, 6.07) is 9.59. The first kappa shape index (κ1) is 12.4. The highest BCUT2D eigenvalue weighted by molar-refractivity contribution is 6.33. The van der Waals surface area contributed by atoms with E-state index in [1.165, 1.54) is 18.2 Å². The molecule has 2 N–H and O–H groups in total. The Morgan fingerprint density at radius 1 is 1.06 bits per heavy atom. The number of hydrogen-bond acceptors (Lipinski definition) is 1. The van der Waals surface area contributed by atoms with Gasteiger partial charge in [0.25, 0.3) is 0 Å². The molecule has 2 aromatic rings. The lowest BCUT2D eigenvalue weighted by atomic mass is 10.0. The highest BCUT2D eigenvalue weighted by Gasteiger charge is 2.07. The van der Waals surface area contributed by atoms with E-state index in [1.807, 2.05) is 6.07 Å². The van der Waals surface area contributed by atoms with Crippen LogP contribution in [0.4, 0.5) is 4.39 Å². The molecule has 0 aromatic heterocycles. The zero-order valence-electron chi connectivity index (χ0n) is 8.88. The van der Waals surface area contributed by atoms with Crippen LogP contribution in [0.2, 0.25) is 10.0 Å². The maximum Gasteiger partial charge on any atom is 0.123 e. The lowest BCUT2D eigenvalue weighted by Crippen LogP contribution is -1.96. The van der Waals surface area contributed by atoms with E-state index in [-0.39, 0.29) is 5.82 Å². The van der Waals surface area contributed by atoms with Gasteiger partial charge in [-0.3, -0.25) is 0 Å². The molecule has 0 aliphatic carbocycles. The van der Waals surface area contributed by atoms with E-state index in [2.05, 4.69) is 0 Å². The monoisotopic (exact) mass is 269 g/mol. The van der Waals surface area contributed by atoms with E-state index in [0.717, 1.165) is 11.1 Å². The highest BCUT2D eigenvalue weighted by atomic mass is 35.5. The summed E-state index contributed by atoms with van der Waals surface area (Å²) >= 11 is 12.0. The van der Waals surface area contributed by atoms with Crippen molar-refractivity contribution in [3.63, 3.8) is 0 Å². The molecule has 2 rings (SSSR count). The Balaban J connectivity index is 2.59. The molecule has 0 atom stereocenters. The van der Waals surface area contributed by atoms with Gasteiger partial charge in [0, 0.05) is 22.2 Å². The molecular weight excluding hydrogens is 260 g/mol. The average molecular weight is 270 g/mol. The second-order valence-corrected chi connectivity index (χ2v) is 4.52. The van der Waals surface area contributed by atoms with Gasteiger partial charge in [-0.05, 0) is 47.5 Å². The van der Waals surface area contributed by atoms with Gasteiger partial charge < -0.3 is 5.73 Å². The molecule has 0 amide bonds. The molecule has 0 aliphatic heterocycles. The summed E-state index contributed by atoms with van der Waals surface area (Å²) in [5.41, 5.74) is 7.83. The van der Waals surface area contributed by atoms with Crippen molar-refractivity contribution in [2.24, 2.45) is 5.73 Å². The molecule has 88 valence electrons. The Labute approximate surface area is 109 Å². The van der Waals surface area contributed by atoms with Crippen LogP contribution in [0, 0.1) is 5.82 Å². The van der Waals surface area contributed by atoms with Crippen molar-refractivity contribution in [3.8, 4) is 11.1 Å². The molecule has 0 radical (unpaired) electrons. The van der Waals surface area contributed by atoms with Crippen LogP contribution in [-0.4, -0.2) is 0 Å². The van der Waals surface area contributed by atoms with E-state index in [4.69, 9.17) is 28.9 Å². The highest BCUT2D eigenvalue weighted by Crippen LogP contribution is 2.31. The fourth-order valence-corrected chi connectivity index (χ4v) is 2.13. The van der Waals surface area contributed by atoms with E-state index < -0.39 is 0 Å². The molecule has 0 unspecified atom stereocenters. The number of rotatable bonds is 2. The third-order valence-electron chi connectivity index (χ3n) is 2.43. The lowest BCUT2D eigenvalue weighted by Gasteiger charge is -2.07. The number of nitrogens with two attached hydrogens (primary N) is 1. The molecule has 0 aliphatic rings. The summed E-state index contributed by atoms with van der Waals surface area (Å²) in [6.07, 6.45) is 0. The van der Waals surface area contributed by atoms with E-state index >= 15 is 0 Å². The molecule has 0 fully saturated rings. The van der Waals surface area contributed by atoms with Crippen LogP contribution in [0.25, 0.3) is 11.1 Å². The molecule has 0 spiro atoms. The van der Waals surface area contributed by atoms with Crippen molar-refractivity contribution in [2.45, 2.75) is 6.54 Å². The predicted octanol–water partition coefficient (Wildman–Crippen LogP) is 4.26. The summed E-state index contributed by atoms with van der Waals surface area (Å²) in [5, 5.41) is 1.04. The van der Waals surface area contributed by atoms with Gasteiger partial charge in [-0.2, -0.15) is 0 Å². The zero-order chi connectivity index (χ0) is 12.4. The Kier molecular flexibility index (Phi) is 3.67. The lowest BCUT2D eigenvalue weighted by molar-refractivity contribution is 0.628. The van der Waals surface area contributed by atoms with Gasteiger partial charge in [0.2, 0.25) is 0 Å². The van der Waals surface area contributed by atoms with Gasteiger partial charge >= 0.3 is 0 Å². The Hall–Kier alpha value is -1.09. The molecule has 1 nitrogen and oxygen atoms in total. The van der Waals surface area contributed by atoms with Gasteiger partial charge in [-0.25, -0.2) is 4.39 Å². The Morgan fingerprint density at radius 3 is 2.53 bits per heavy atom. The molecule has 4 heteroatoms. The van der Waals surface area contributed by atoms with Crippen LogP contribution >= 0.6 is 23.2 Å². The van der Waals surface area contributed by atoms with Gasteiger partial charge in [0.1, 0.15) is 5.82 Å². The number of hydrogen-bond donors (Lipinski definition) is 1. The van der Waals surface area contributed by atoms with Gasteiger partial charge in [0.05, 0.1) is 0 Å². The minimum absolute atomic E-state index is 0.335. The number of halogens is 3.